The summed E-state index contributed by atoms with van der Waals surface area (Å²) in [5.74, 6) is 3.50. The van der Waals surface area contributed by atoms with Crippen LogP contribution in [0.25, 0.3) is 10.8 Å². The van der Waals surface area contributed by atoms with Crippen molar-refractivity contribution in [2.45, 2.75) is 83.5 Å². The van der Waals surface area contributed by atoms with Gasteiger partial charge in [-0.25, -0.2) is 4.39 Å². The molecule has 2 fully saturated rings. The summed E-state index contributed by atoms with van der Waals surface area (Å²) in [6.45, 7) is 5.89. The van der Waals surface area contributed by atoms with Crippen LogP contribution < -0.4 is 0 Å². The molecule has 0 heterocycles. The van der Waals surface area contributed by atoms with Crippen molar-refractivity contribution in [3.05, 3.63) is 59.9 Å². The molecule has 0 aromatic heterocycles. The molecule has 2 aromatic rings. The van der Waals surface area contributed by atoms with Crippen LogP contribution in [0.1, 0.15) is 88.2 Å². The van der Waals surface area contributed by atoms with Crippen LogP contribution in [0.4, 0.5) is 4.39 Å². The van der Waals surface area contributed by atoms with Crippen molar-refractivity contribution in [1.82, 2.24) is 0 Å². The summed E-state index contributed by atoms with van der Waals surface area (Å²) in [6.07, 6.45) is 16.5. The molecule has 0 atom stereocenters. The number of benzene rings is 2. The van der Waals surface area contributed by atoms with E-state index in [1.165, 1.54) is 69.8 Å². The zero-order chi connectivity index (χ0) is 20.2. The van der Waals surface area contributed by atoms with E-state index < -0.39 is 0 Å². The summed E-state index contributed by atoms with van der Waals surface area (Å²) in [5.41, 5.74) is 2.25. The first-order chi connectivity index (χ1) is 14.2. The van der Waals surface area contributed by atoms with Crippen molar-refractivity contribution in [2.75, 3.05) is 0 Å². The molecule has 0 N–H and O–H groups in total. The molecule has 0 saturated heterocycles. The molecule has 2 aliphatic carbocycles. The zero-order valence-electron chi connectivity index (χ0n) is 18.1. The highest BCUT2D eigenvalue weighted by atomic mass is 19.1. The third-order valence-corrected chi connectivity index (χ3v) is 8.02. The van der Waals surface area contributed by atoms with Gasteiger partial charge in [-0.15, -0.1) is 6.58 Å². The van der Waals surface area contributed by atoms with Crippen LogP contribution in [0.5, 0.6) is 0 Å². The van der Waals surface area contributed by atoms with Gasteiger partial charge in [0.05, 0.1) is 0 Å². The monoisotopic (exact) mass is 392 g/mol. The van der Waals surface area contributed by atoms with Crippen molar-refractivity contribution in [1.29, 1.82) is 0 Å². The van der Waals surface area contributed by atoms with Crippen LogP contribution in [0.2, 0.25) is 0 Å². The van der Waals surface area contributed by atoms with Gasteiger partial charge in [0.25, 0.3) is 0 Å². The third-order valence-electron chi connectivity index (χ3n) is 8.02. The van der Waals surface area contributed by atoms with Crippen LogP contribution >= 0.6 is 0 Å². The maximum Gasteiger partial charge on any atom is 0.134 e. The van der Waals surface area contributed by atoms with E-state index in [0.717, 1.165) is 40.5 Å². The lowest BCUT2D eigenvalue weighted by molar-refractivity contribution is 0.157. The Hall–Kier alpha value is -1.63. The van der Waals surface area contributed by atoms with E-state index in [4.69, 9.17) is 0 Å². The van der Waals surface area contributed by atoms with Gasteiger partial charge in [0.1, 0.15) is 5.82 Å². The summed E-state index contributed by atoms with van der Waals surface area (Å²) in [7, 11) is 0. The Labute approximate surface area is 176 Å². The molecule has 0 unspecified atom stereocenters. The van der Waals surface area contributed by atoms with Crippen LogP contribution in [-0.2, 0) is 6.42 Å². The normalized spacial score (nSPS) is 27.8. The van der Waals surface area contributed by atoms with Crippen LogP contribution in [0.15, 0.2) is 43.0 Å². The van der Waals surface area contributed by atoms with E-state index in [2.05, 4.69) is 30.9 Å². The molecule has 0 radical (unpaired) electrons. The quantitative estimate of drug-likeness (QED) is 0.432. The first-order valence-corrected chi connectivity index (χ1v) is 12.0. The summed E-state index contributed by atoms with van der Waals surface area (Å²) in [4.78, 5) is 0. The van der Waals surface area contributed by atoms with E-state index in [-0.39, 0.29) is 5.82 Å². The van der Waals surface area contributed by atoms with Gasteiger partial charge in [-0.1, -0.05) is 56.2 Å². The van der Waals surface area contributed by atoms with Gasteiger partial charge in [0.2, 0.25) is 0 Å². The van der Waals surface area contributed by atoms with Crippen molar-refractivity contribution in [3.63, 3.8) is 0 Å². The van der Waals surface area contributed by atoms with Crippen LogP contribution in [0.3, 0.4) is 0 Å². The van der Waals surface area contributed by atoms with Crippen molar-refractivity contribution >= 4 is 10.8 Å². The average Bonchev–Trinajstić information content (AvgIpc) is 2.78. The van der Waals surface area contributed by atoms with E-state index in [1.807, 2.05) is 19.1 Å². The molecule has 29 heavy (non-hydrogen) atoms. The fraction of sp³-hybridized carbons (Fsp3) is 0.571. The van der Waals surface area contributed by atoms with Gasteiger partial charge in [-0.3, -0.25) is 0 Å². The second-order valence-electron chi connectivity index (χ2n) is 9.63. The lowest BCUT2D eigenvalue weighted by Crippen LogP contribution is -2.25. The minimum Gasteiger partial charge on any atom is -0.206 e. The Morgan fingerprint density at radius 2 is 1.62 bits per heavy atom. The van der Waals surface area contributed by atoms with Crippen molar-refractivity contribution < 1.29 is 4.39 Å². The number of hydrogen-bond acceptors (Lipinski definition) is 0. The largest absolute Gasteiger partial charge is 0.206 e. The average molecular weight is 393 g/mol. The van der Waals surface area contributed by atoms with Crippen LogP contribution in [0, 0.1) is 23.6 Å². The molecule has 2 aliphatic rings. The van der Waals surface area contributed by atoms with E-state index in [0.29, 0.717) is 5.92 Å². The molecule has 0 nitrogen and oxygen atoms in total. The first kappa shape index (κ1) is 20.6. The molecule has 0 amide bonds. The van der Waals surface area contributed by atoms with E-state index in [1.54, 1.807) is 0 Å². The Bertz CT molecular complexity index is 820. The number of aryl methyl sites for hydroxylation is 1. The molecule has 2 saturated carbocycles. The van der Waals surface area contributed by atoms with Crippen LogP contribution in [-0.4, -0.2) is 0 Å². The summed E-state index contributed by atoms with van der Waals surface area (Å²) in [5, 5.41) is 1.85. The highest BCUT2D eigenvalue weighted by molar-refractivity contribution is 5.84. The van der Waals surface area contributed by atoms with Gasteiger partial charge in [-0.05, 0) is 98.0 Å². The Kier molecular flexibility index (Phi) is 6.73. The number of halogens is 1. The smallest absolute Gasteiger partial charge is 0.134 e. The Morgan fingerprint density at radius 1 is 0.931 bits per heavy atom. The second kappa shape index (κ2) is 9.45. The first-order valence-electron chi connectivity index (χ1n) is 12.0. The second-order valence-corrected chi connectivity index (χ2v) is 9.63. The van der Waals surface area contributed by atoms with Gasteiger partial charge in [-0.2, -0.15) is 0 Å². The molecule has 0 aliphatic heterocycles. The molecule has 4 rings (SSSR count). The minimum atomic E-state index is -0.0241. The fourth-order valence-corrected chi connectivity index (χ4v) is 6.11. The molecular weight excluding hydrogens is 355 g/mol. The number of fused-ring (bicyclic) bond motifs is 1. The fourth-order valence-electron chi connectivity index (χ4n) is 6.11. The van der Waals surface area contributed by atoms with E-state index in [9.17, 15) is 4.39 Å². The third kappa shape index (κ3) is 4.60. The summed E-state index contributed by atoms with van der Waals surface area (Å²) >= 11 is 0. The van der Waals surface area contributed by atoms with Crippen molar-refractivity contribution in [2.24, 2.45) is 17.8 Å². The number of hydrogen-bond donors (Lipinski definition) is 0. The van der Waals surface area contributed by atoms with Gasteiger partial charge < -0.3 is 0 Å². The van der Waals surface area contributed by atoms with Gasteiger partial charge >= 0.3 is 0 Å². The maximum atomic E-state index is 14.6. The number of allylic oxidation sites excluding steroid dienone is 1. The lowest BCUT2D eigenvalue weighted by Gasteiger charge is -2.38. The van der Waals surface area contributed by atoms with Gasteiger partial charge in [0.15, 0.2) is 0 Å². The summed E-state index contributed by atoms with van der Waals surface area (Å²) in [6, 6.07) is 10.5. The molecule has 1 heteroatoms. The van der Waals surface area contributed by atoms with Gasteiger partial charge in [0, 0.05) is 5.39 Å². The number of rotatable bonds is 6. The lowest BCUT2D eigenvalue weighted by atomic mass is 9.68. The maximum absolute atomic E-state index is 14.6. The molecule has 156 valence electrons. The molecular formula is C28H37F. The molecule has 0 spiro atoms. The zero-order valence-corrected chi connectivity index (χ0v) is 18.1. The SMILES string of the molecule is C=CCCC1CCC(C2CCC(c3ccc4c(F)c(CC)ccc4c3)CC2)CC1. The highest BCUT2D eigenvalue weighted by Crippen LogP contribution is 2.44. The summed E-state index contributed by atoms with van der Waals surface area (Å²) < 4.78 is 14.6. The van der Waals surface area contributed by atoms with Crippen molar-refractivity contribution in [3.8, 4) is 0 Å². The predicted molar refractivity (Wildman–Crippen MR) is 123 cm³/mol. The minimum absolute atomic E-state index is 0.0241. The van der Waals surface area contributed by atoms with E-state index >= 15 is 0 Å². The standard InChI is InChI=1S/C28H37F/c1-3-5-6-20-7-9-22(10-8-20)23-12-14-24(15-13-23)25-17-18-27-26(19-25)16-11-21(4-2)28(27)29/h3,11,16-20,22-24H,1,4-10,12-15H2,2H3. The molecule has 0 bridgehead atoms. The Balaban J connectivity index is 1.34. The predicted octanol–water partition coefficient (Wildman–Crippen LogP) is 8.59. The highest BCUT2D eigenvalue weighted by Gasteiger charge is 2.31. The topological polar surface area (TPSA) is 0 Å². The molecule has 2 aromatic carbocycles. The Morgan fingerprint density at radius 3 is 2.28 bits per heavy atom.